The summed E-state index contributed by atoms with van der Waals surface area (Å²) >= 11 is 0. The van der Waals surface area contributed by atoms with Crippen LogP contribution in [0.4, 0.5) is 0 Å². The third-order valence-electron chi connectivity index (χ3n) is 5.39. The fourth-order valence-corrected chi connectivity index (χ4v) is 3.77. The molecule has 1 saturated heterocycles. The van der Waals surface area contributed by atoms with Gasteiger partial charge < -0.3 is 15.2 Å². The number of amides is 2. The number of likely N-dealkylation sites (tertiary alicyclic amines) is 1. The fourth-order valence-electron chi connectivity index (χ4n) is 3.77. The highest BCUT2D eigenvalue weighted by molar-refractivity contribution is 5.93. The lowest BCUT2D eigenvalue weighted by Crippen LogP contribution is -2.46. The van der Waals surface area contributed by atoms with Crippen LogP contribution in [-0.2, 0) is 18.3 Å². The Bertz CT molecular complexity index is 966. The molecule has 29 heavy (non-hydrogen) atoms. The highest BCUT2D eigenvalue weighted by Crippen LogP contribution is 2.15. The molecule has 4 rings (SSSR count). The lowest BCUT2D eigenvalue weighted by atomic mass is 10.0. The second-order valence-corrected chi connectivity index (χ2v) is 7.59. The van der Waals surface area contributed by atoms with E-state index in [-0.39, 0.29) is 17.9 Å². The van der Waals surface area contributed by atoms with E-state index in [0.717, 1.165) is 42.5 Å². The SMILES string of the molecule is Cn1cc(C(=O)NC2CCN(C(=O)CCCc3nc4ccccc4[nH]3)CC2)cn1. The first kappa shape index (κ1) is 19.2. The maximum Gasteiger partial charge on any atom is 0.254 e. The normalized spacial score (nSPS) is 15.0. The van der Waals surface area contributed by atoms with Crippen molar-refractivity contribution in [2.45, 2.75) is 38.1 Å². The van der Waals surface area contributed by atoms with Crippen LogP contribution in [0.5, 0.6) is 0 Å². The van der Waals surface area contributed by atoms with E-state index in [0.29, 0.717) is 25.1 Å². The summed E-state index contributed by atoms with van der Waals surface area (Å²) in [7, 11) is 1.79. The third-order valence-corrected chi connectivity index (χ3v) is 5.39. The molecule has 152 valence electrons. The van der Waals surface area contributed by atoms with Crippen molar-refractivity contribution in [2.75, 3.05) is 13.1 Å². The molecule has 0 radical (unpaired) electrons. The smallest absolute Gasteiger partial charge is 0.254 e. The van der Waals surface area contributed by atoms with Gasteiger partial charge in [-0.3, -0.25) is 14.3 Å². The molecule has 1 aromatic carbocycles. The molecule has 1 aliphatic heterocycles. The summed E-state index contributed by atoms with van der Waals surface area (Å²) in [4.78, 5) is 34.5. The van der Waals surface area contributed by atoms with Crippen LogP contribution in [0.1, 0.15) is 41.9 Å². The van der Waals surface area contributed by atoms with Gasteiger partial charge in [-0.1, -0.05) is 12.1 Å². The summed E-state index contributed by atoms with van der Waals surface area (Å²) in [6.45, 7) is 1.36. The van der Waals surface area contributed by atoms with Gasteiger partial charge in [0.2, 0.25) is 5.91 Å². The van der Waals surface area contributed by atoms with Gasteiger partial charge in [0.1, 0.15) is 5.82 Å². The van der Waals surface area contributed by atoms with Crippen molar-refractivity contribution in [3.8, 4) is 0 Å². The summed E-state index contributed by atoms with van der Waals surface area (Å²) in [5.41, 5.74) is 2.56. The lowest BCUT2D eigenvalue weighted by Gasteiger charge is -2.32. The molecule has 1 fully saturated rings. The minimum absolute atomic E-state index is 0.0994. The Morgan fingerprint density at radius 1 is 1.24 bits per heavy atom. The molecular weight excluding hydrogens is 368 g/mol. The number of carbonyl (C=O) groups is 2. The molecule has 8 heteroatoms. The number of hydrogen-bond donors (Lipinski definition) is 2. The number of benzene rings is 1. The molecule has 3 aromatic rings. The molecule has 1 aliphatic rings. The Morgan fingerprint density at radius 2 is 2.03 bits per heavy atom. The first-order chi connectivity index (χ1) is 14.1. The zero-order chi connectivity index (χ0) is 20.2. The Labute approximate surface area is 169 Å². The largest absolute Gasteiger partial charge is 0.349 e. The summed E-state index contributed by atoms with van der Waals surface area (Å²) in [6, 6.07) is 8.05. The van der Waals surface area contributed by atoms with Gasteiger partial charge >= 0.3 is 0 Å². The van der Waals surface area contributed by atoms with Crippen LogP contribution in [0.3, 0.4) is 0 Å². The van der Waals surface area contributed by atoms with E-state index in [1.54, 1.807) is 24.1 Å². The van der Waals surface area contributed by atoms with Gasteiger partial charge in [0.05, 0.1) is 22.8 Å². The van der Waals surface area contributed by atoms with Crippen LogP contribution in [0.25, 0.3) is 11.0 Å². The molecule has 0 unspecified atom stereocenters. The molecule has 2 N–H and O–H groups in total. The number of aryl methyl sites for hydroxylation is 2. The first-order valence-corrected chi connectivity index (χ1v) is 10.1. The van der Waals surface area contributed by atoms with E-state index < -0.39 is 0 Å². The monoisotopic (exact) mass is 394 g/mol. The Balaban J connectivity index is 1.19. The number of aromatic amines is 1. The van der Waals surface area contributed by atoms with Crippen LogP contribution in [-0.4, -0.2) is 55.6 Å². The average Bonchev–Trinajstić information content (AvgIpc) is 3.34. The molecule has 0 saturated carbocycles. The van der Waals surface area contributed by atoms with E-state index in [9.17, 15) is 9.59 Å². The summed E-state index contributed by atoms with van der Waals surface area (Å²) in [6.07, 6.45) is 6.88. The van der Waals surface area contributed by atoms with Crippen LogP contribution in [0.2, 0.25) is 0 Å². The van der Waals surface area contributed by atoms with E-state index in [1.165, 1.54) is 0 Å². The third kappa shape index (κ3) is 4.64. The van der Waals surface area contributed by atoms with Crippen molar-refractivity contribution in [3.63, 3.8) is 0 Å². The minimum atomic E-state index is -0.103. The van der Waals surface area contributed by atoms with E-state index in [1.807, 2.05) is 29.2 Å². The summed E-state index contributed by atoms with van der Waals surface area (Å²) in [5.74, 6) is 1.00. The molecule has 0 aliphatic carbocycles. The maximum absolute atomic E-state index is 12.5. The Hall–Kier alpha value is -3.16. The Kier molecular flexibility index (Phi) is 5.59. The topological polar surface area (TPSA) is 95.9 Å². The number of nitrogens with one attached hydrogen (secondary N) is 2. The second kappa shape index (κ2) is 8.46. The molecule has 0 spiro atoms. The summed E-state index contributed by atoms with van der Waals surface area (Å²) < 4.78 is 1.61. The number of hydrogen-bond acceptors (Lipinski definition) is 4. The van der Waals surface area contributed by atoms with Crippen molar-refractivity contribution in [3.05, 3.63) is 48.0 Å². The van der Waals surface area contributed by atoms with Crippen LogP contribution >= 0.6 is 0 Å². The van der Waals surface area contributed by atoms with Gasteiger partial charge in [-0.05, 0) is 31.4 Å². The predicted molar refractivity (Wildman–Crippen MR) is 109 cm³/mol. The summed E-state index contributed by atoms with van der Waals surface area (Å²) in [5, 5.41) is 7.07. The molecule has 2 amide bonds. The molecule has 2 aromatic heterocycles. The molecule has 0 bridgehead atoms. The fraction of sp³-hybridized carbons (Fsp3) is 0.429. The standard InChI is InChI=1S/C21H26N6O2/c1-26-14-15(13-22-26)21(29)23-16-9-11-27(12-10-16)20(28)8-4-7-19-24-17-5-2-3-6-18(17)25-19/h2-3,5-6,13-14,16H,4,7-12H2,1H3,(H,23,29)(H,24,25). The van der Waals surface area contributed by atoms with Crippen LogP contribution in [0.15, 0.2) is 36.7 Å². The van der Waals surface area contributed by atoms with Gasteiger partial charge in [-0.15, -0.1) is 0 Å². The van der Waals surface area contributed by atoms with Gasteiger partial charge in [0, 0.05) is 45.2 Å². The van der Waals surface area contributed by atoms with E-state index >= 15 is 0 Å². The van der Waals surface area contributed by atoms with E-state index in [2.05, 4.69) is 20.4 Å². The Morgan fingerprint density at radius 3 is 2.76 bits per heavy atom. The minimum Gasteiger partial charge on any atom is -0.349 e. The maximum atomic E-state index is 12.5. The van der Waals surface area contributed by atoms with Crippen LogP contribution in [0, 0.1) is 0 Å². The highest BCUT2D eigenvalue weighted by atomic mass is 16.2. The van der Waals surface area contributed by atoms with Gasteiger partial charge in [-0.25, -0.2) is 4.98 Å². The number of fused-ring (bicyclic) bond motifs is 1. The number of piperidine rings is 1. The zero-order valence-corrected chi connectivity index (χ0v) is 16.6. The first-order valence-electron chi connectivity index (χ1n) is 10.1. The van der Waals surface area contributed by atoms with Gasteiger partial charge in [0.25, 0.3) is 5.91 Å². The van der Waals surface area contributed by atoms with Gasteiger partial charge in [-0.2, -0.15) is 5.10 Å². The highest BCUT2D eigenvalue weighted by Gasteiger charge is 2.24. The number of aromatic nitrogens is 4. The van der Waals surface area contributed by atoms with Crippen molar-refractivity contribution >= 4 is 22.8 Å². The number of nitrogens with zero attached hydrogens (tertiary/aromatic N) is 4. The van der Waals surface area contributed by atoms with Crippen molar-refractivity contribution in [1.29, 1.82) is 0 Å². The average molecular weight is 394 g/mol. The van der Waals surface area contributed by atoms with Crippen LogP contribution < -0.4 is 5.32 Å². The zero-order valence-electron chi connectivity index (χ0n) is 16.6. The van der Waals surface area contributed by atoms with Crippen molar-refractivity contribution < 1.29 is 9.59 Å². The van der Waals surface area contributed by atoms with E-state index in [4.69, 9.17) is 0 Å². The molecule has 8 nitrogen and oxygen atoms in total. The molecule has 0 atom stereocenters. The number of rotatable bonds is 6. The number of H-pyrrole nitrogens is 1. The van der Waals surface area contributed by atoms with Crippen molar-refractivity contribution in [1.82, 2.24) is 30.0 Å². The molecular formula is C21H26N6O2. The predicted octanol–water partition coefficient (Wildman–Crippen LogP) is 2.04. The number of carbonyl (C=O) groups excluding carboxylic acids is 2. The number of imidazole rings is 1. The molecule has 3 heterocycles. The van der Waals surface area contributed by atoms with Crippen molar-refractivity contribution in [2.24, 2.45) is 7.05 Å². The van der Waals surface area contributed by atoms with Gasteiger partial charge in [0.15, 0.2) is 0 Å². The number of para-hydroxylation sites is 2. The quantitative estimate of drug-likeness (QED) is 0.669. The second-order valence-electron chi connectivity index (χ2n) is 7.59. The lowest BCUT2D eigenvalue weighted by molar-refractivity contribution is -0.132.